The van der Waals surface area contributed by atoms with E-state index >= 15 is 0 Å². The Morgan fingerprint density at radius 3 is 2.82 bits per heavy atom. The standard InChI is InChI=1S/C10H17N/c1-4-5-6-8-11-9-7-10(2)3/h7-9H,2,4-6H2,1,3H3/b9-7-,11-8-. The molecule has 0 aliphatic carbocycles. The van der Waals surface area contributed by atoms with Crippen molar-refractivity contribution in [3.8, 4) is 0 Å². The van der Waals surface area contributed by atoms with E-state index in [0.29, 0.717) is 0 Å². The molecule has 0 radical (unpaired) electrons. The lowest BCUT2D eigenvalue weighted by atomic mass is 10.3. The van der Waals surface area contributed by atoms with Crippen LogP contribution in [0.25, 0.3) is 0 Å². The summed E-state index contributed by atoms with van der Waals surface area (Å²) in [5.74, 6) is 0. The summed E-state index contributed by atoms with van der Waals surface area (Å²) >= 11 is 0. The van der Waals surface area contributed by atoms with E-state index in [9.17, 15) is 0 Å². The quantitative estimate of drug-likeness (QED) is 0.324. The Balaban J connectivity index is 3.36. The maximum Gasteiger partial charge on any atom is 0.0266 e. The molecule has 0 rings (SSSR count). The fourth-order valence-corrected chi connectivity index (χ4v) is 0.601. The molecule has 0 saturated carbocycles. The first-order chi connectivity index (χ1) is 5.27. The number of nitrogens with zero attached hydrogens (tertiary/aromatic N) is 1. The van der Waals surface area contributed by atoms with Crippen molar-refractivity contribution in [2.45, 2.75) is 33.1 Å². The van der Waals surface area contributed by atoms with E-state index in [0.717, 1.165) is 12.0 Å². The van der Waals surface area contributed by atoms with Crippen LogP contribution in [0.4, 0.5) is 0 Å². The Hall–Kier alpha value is -0.850. The minimum Gasteiger partial charge on any atom is -0.269 e. The van der Waals surface area contributed by atoms with Gasteiger partial charge in [0, 0.05) is 12.4 Å². The Morgan fingerprint density at radius 1 is 1.55 bits per heavy atom. The average Bonchev–Trinajstić information content (AvgIpc) is 1.96. The fourth-order valence-electron chi connectivity index (χ4n) is 0.601. The SMILES string of the molecule is C=C(C)/C=C\N=C/CCCC. The van der Waals surface area contributed by atoms with Gasteiger partial charge in [-0.25, -0.2) is 0 Å². The minimum absolute atomic E-state index is 1.04. The zero-order chi connectivity index (χ0) is 8.53. The van der Waals surface area contributed by atoms with Crippen LogP contribution in [-0.2, 0) is 0 Å². The Bertz CT molecular complexity index is 154. The average molecular weight is 151 g/mol. The maximum atomic E-state index is 4.08. The maximum absolute atomic E-state index is 4.08. The van der Waals surface area contributed by atoms with Crippen LogP contribution < -0.4 is 0 Å². The van der Waals surface area contributed by atoms with Crippen molar-refractivity contribution in [1.29, 1.82) is 0 Å². The molecule has 0 atom stereocenters. The normalized spacial score (nSPS) is 11.5. The molecule has 0 saturated heterocycles. The molecule has 0 N–H and O–H groups in total. The lowest BCUT2D eigenvalue weighted by Gasteiger charge is -1.85. The van der Waals surface area contributed by atoms with Crippen LogP contribution in [0.3, 0.4) is 0 Å². The highest BCUT2D eigenvalue weighted by Gasteiger charge is 1.76. The number of aliphatic imine (C=N–C) groups is 1. The number of unbranched alkanes of at least 4 members (excludes halogenated alkanes) is 2. The van der Waals surface area contributed by atoms with Gasteiger partial charge in [0.25, 0.3) is 0 Å². The number of allylic oxidation sites excluding steroid dienone is 2. The van der Waals surface area contributed by atoms with Gasteiger partial charge in [0.1, 0.15) is 0 Å². The number of hydrogen-bond acceptors (Lipinski definition) is 1. The predicted molar refractivity (Wildman–Crippen MR) is 52.0 cm³/mol. The van der Waals surface area contributed by atoms with Crippen molar-refractivity contribution in [2.75, 3.05) is 0 Å². The molecule has 0 aromatic carbocycles. The highest BCUT2D eigenvalue weighted by atomic mass is 14.7. The van der Waals surface area contributed by atoms with E-state index in [1.165, 1.54) is 12.8 Å². The molecule has 0 heterocycles. The van der Waals surface area contributed by atoms with Gasteiger partial charge in [-0.1, -0.05) is 25.5 Å². The lowest BCUT2D eigenvalue weighted by molar-refractivity contribution is 0.842. The molecule has 0 spiro atoms. The first kappa shape index (κ1) is 10.2. The molecule has 0 aromatic rings. The molecular weight excluding hydrogens is 134 g/mol. The van der Waals surface area contributed by atoms with Crippen LogP contribution in [0.2, 0.25) is 0 Å². The number of hydrogen-bond donors (Lipinski definition) is 0. The van der Waals surface area contributed by atoms with Gasteiger partial charge in [0.05, 0.1) is 0 Å². The largest absolute Gasteiger partial charge is 0.269 e. The van der Waals surface area contributed by atoms with Crippen molar-refractivity contribution in [3.63, 3.8) is 0 Å². The third-order valence-corrected chi connectivity index (χ3v) is 1.24. The smallest absolute Gasteiger partial charge is 0.0266 e. The molecule has 1 nitrogen and oxygen atoms in total. The van der Waals surface area contributed by atoms with E-state index in [4.69, 9.17) is 0 Å². The molecule has 0 aliphatic rings. The number of rotatable bonds is 5. The first-order valence-electron chi connectivity index (χ1n) is 4.11. The molecule has 0 amide bonds. The van der Waals surface area contributed by atoms with Crippen molar-refractivity contribution in [1.82, 2.24) is 0 Å². The summed E-state index contributed by atoms with van der Waals surface area (Å²) in [6, 6.07) is 0. The summed E-state index contributed by atoms with van der Waals surface area (Å²) in [6.07, 6.45) is 9.18. The van der Waals surface area contributed by atoms with Crippen LogP contribution in [0.15, 0.2) is 29.4 Å². The summed E-state index contributed by atoms with van der Waals surface area (Å²) in [7, 11) is 0. The molecule has 1 heteroatoms. The molecule has 62 valence electrons. The minimum atomic E-state index is 1.04. The highest BCUT2D eigenvalue weighted by Crippen LogP contribution is 1.91. The summed E-state index contributed by atoms with van der Waals surface area (Å²) in [5, 5.41) is 0. The fraction of sp³-hybridized carbons (Fsp3) is 0.500. The second-order valence-corrected chi connectivity index (χ2v) is 2.64. The van der Waals surface area contributed by atoms with Crippen LogP contribution in [0, 0.1) is 0 Å². The zero-order valence-corrected chi connectivity index (χ0v) is 7.51. The van der Waals surface area contributed by atoms with Gasteiger partial charge in [-0.15, -0.1) is 0 Å². The topological polar surface area (TPSA) is 12.4 Å². The van der Waals surface area contributed by atoms with E-state index in [2.05, 4.69) is 18.5 Å². The van der Waals surface area contributed by atoms with Crippen LogP contribution in [0.1, 0.15) is 33.1 Å². The van der Waals surface area contributed by atoms with Crippen molar-refractivity contribution < 1.29 is 0 Å². The summed E-state index contributed by atoms with van der Waals surface area (Å²) in [4.78, 5) is 4.08. The van der Waals surface area contributed by atoms with Gasteiger partial charge >= 0.3 is 0 Å². The first-order valence-corrected chi connectivity index (χ1v) is 4.11. The molecule has 0 aromatic heterocycles. The van der Waals surface area contributed by atoms with E-state index in [1.54, 1.807) is 6.20 Å². The van der Waals surface area contributed by atoms with Crippen LogP contribution in [0.5, 0.6) is 0 Å². The Morgan fingerprint density at radius 2 is 2.27 bits per heavy atom. The molecule has 0 bridgehead atoms. The summed E-state index contributed by atoms with van der Waals surface area (Å²) < 4.78 is 0. The van der Waals surface area contributed by atoms with Gasteiger partial charge < -0.3 is 0 Å². The summed E-state index contributed by atoms with van der Waals surface area (Å²) in [5.41, 5.74) is 1.04. The molecule has 11 heavy (non-hydrogen) atoms. The molecular formula is C10H17N. The van der Waals surface area contributed by atoms with E-state index in [1.807, 2.05) is 19.2 Å². The molecule has 0 aliphatic heterocycles. The van der Waals surface area contributed by atoms with E-state index in [-0.39, 0.29) is 0 Å². The highest BCUT2D eigenvalue weighted by molar-refractivity contribution is 5.57. The Labute approximate surface area is 69.5 Å². The van der Waals surface area contributed by atoms with Crippen molar-refractivity contribution in [2.24, 2.45) is 4.99 Å². The second-order valence-electron chi connectivity index (χ2n) is 2.64. The van der Waals surface area contributed by atoms with Crippen molar-refractivity contribution >= 4 is 6.21 Å². The van der Waals surface area contributed by atoms with E-state index < -0.39 is 0 Å². The van der Waals surface area contributed by atoms with Crippen LogP contribution in [-0.4, -0.2) is 6.21 Å². The molecule has 0 unspecified atom stereocenters. The van der Waals surface area contributed by atoms with Gasteiger partial charge in [-0.05, 0) is 25.8 Å². The van der Waals surface area contributed by atoms with Gasteiger partial charge in [0.15, 0.2) is 0 Å². The van der Waals surface area contributed by atoms with Gasteiger partial charge in [-0.3, -0.25) is 4.99 Å². The monoisotopic (exact) mass is 151 g/mol. The lowest BCUT2D eigenvalue weighted by Crippen LogP contribution is -1.73. The van der Waals surface area contributed by atoms with Gasteiger partial charge in [0.2, 0.25) is 0 Å². The second kappa shape index (κ2) is 7.26. The third kappa shape index (κ3) is 9.15. The van der Waals surface area contributed by atoms with Crippen LogP contribution >= 0.6 is 0 Å². The molecule has 0 fully saturated rings. The van der Waals surface area contributed by atoms with Crippen molar-refractivity contribution in [3.05, 3.63) is 24.4 Å². The van der Waals surface area contributed by atoms with Gasteiger partial charge in [-0.2, -0.15) is 0 Å². The Kier molecular flexibility index (Phi) is 6.70. The summed E-state index contributed by atoms with van der Waals surface area (Å²) in [6.45, 7) is 7.86. The third-order valence-electron chi connectivity index (χ3n) is 1.24. The zero-order valence-electron chi connectivity index (χ0n) is 7.51. The predicted octanol–water partition coefficient (Wildman–Crippen LogP) is 3.34.